The van der Waals surface area contributed by atoms with Gasteiger partial charge in [-0.1, -0.05) is 54.1 Å². The van der Waals surface area contributed by atoms with Crippen molar-refractivity contribution in [2.75, 3.05) is 5.32 Å². The number of carbonyl (C=O) groups is 1. The molecule has 0 atom stereocenters. The Labute approximate surface area is 138 Å². The molecule has 0 aliphatic carbocycles. The Morgan fingerprint density at radius 1 is 1.22 bits per heavy atom. The third-order valence-corrected chi connectivity index (χ3v) is 3.18. The van der Waals surface area contributed by atoms with Crippen molar-refractivity contribution in [3.8, 4) is 6.07 Å². The second kappa shape index (κ2) is 7.92. The van der Waals surface area contributed by atoms with Crippen LogP contribution in [0.5, 0.6) is 0 Å². The van der Waals surface area contributed by atoms with Crippen LogP contribution in [-0.4, -0.2) is 5.91 Å². The number of carbonyl (C=O) groups excluding carboxylic acids is 1. The molecule has 0 spiro atoms. The number of rotatable bonds is 4. The van der Waals surface area contributed by atoms with E-state index in [1.807, 2.05) is 36.4 Å². The maximum absolute atomic E-state index is 13.1. The number of benzene rings is 2. The monoisotopic (exact) mass is 326 g/mol. The summed E-state index contributed by atoms with van der Waals surface area (Å²) in [7, 11) is 0. The van der Waals surface area contributed by atoms with Crippen LogP contribution in [0.3, 0.4) is 0 Å². The van der Waals surface area contributed by atoms with E-state index in [2.05, 4.69) is 5.32 Å². The number of anilines is 1. The molecule has 2 rings (SSSR count). The predicted molar refractivity (Wildman–Crippen MR) is 89.2 cm³/mol. The maximum Gasteiger partial charge on any atom is 0.266 e. The third kappa shape index (κ3) is 4.80. The first kappa shape index (κ1) is 16.5. The van der Waals surface area contributed by atoms with E-state index in [1.54, 1.807) is 12.2 Å². The van der Waals surface area contributed by atoms with E-state index in [4.69, 9.17) is 16.9 Å². The number of hydrogen-bond acceptors (Lipinski definition) is 2. The highest BCUT2D eigenvalue weighted by Gasteiger charge is 2.09. The van der Waals surface area contributed by atoms with Gasteiger partial charge in [-0.15, -0.1) is 0 Å². The highest BCUT2D eigenvalue weighted by atomic mass is 35.5. The van der Waals surface area contributed by atoms with Gasteiger partial charge >= 0.3 is 0 Å². The molecule has 0 bridgehead atoms. The van der Waals surface area contributed by atoms with Gasteiger partial charge in [0, 0.05) is 5.69 Å². The van der Waals surface area contributed by atoms with E-state index in [-0.39, 0.29) is 10.6 Å². The molecule has 2 aromatic carbocycles. The van der Waals surface area contributed by atoms with Crippen LogP contribution in [0, 0.1) is 17.1 Å². The molecule has 23 heavy (non-hydrogen) atoms. The van der Waals surface area contributed by atoms with Crippen molar-refractivity contribution in [1.82, 2.24) is 0 Å². The van der Waals surface area contributed by atoms with Crippen LogP contribution in [0.4, 0.5) is 10.1 Å². The number of nitrogens with one attached hydrogen (secondary N) is 1. The topological polar surface area (TPSA) is 52.9 Å². The molecule has 0 saturated heterocycles. The first-order chi connectivity index (χ1) is 11.1. The molecule has 0 radical (unpaired) electrons. The van der Waals surface area contributed by atoms with Gasteiger partial charge in [0.15, 0.2) is 0 Å². The highest BCUT2D eigenvalue weighted by Crippen LogP contribution is 2.19. The Morgan fingerprint density at radius 3 is 2.61 bits per heavy atom. The summed E-state index contributed by atoms with van der Waals surface area (Å²) in [6.07, 6.45) is 4.80. The van der Waals surface area contributed by atoms with Crippen LogP contribution in [0.2, 0.25) is 5.02 Å². The average Bonchev–Trinajstić information content (AvgIpc) is 2.56. The second-order valence-electron chi connectivity index (χ2n) is 4.54. The summed E-state index contributed by atoms with van der Waals surface area (Å²) in [5, 5.41) is 11.5. The molecule has 2 aromatic rings. The minimum absolute atomic E-state index is 0.0716. The number of nitrogens with zero attached hydrogens (tertiary/aromatic N) is 1. The number of allylic oxidation sites excluding steroid dienone is 2. The molecule has 0 saturated carbocycles. The lowest BCUT2D eigenvalue weighted by molar-refractivity contribution is -0.112. The Balaban J connectivity index is 2.09. The first-order valence-corrected chi connectivity index (χ1v) is 7.08. The van der Waals surface area contributed by atoms with Gasteiger partial charge in [-0.05, 0) is 29.8 Å². The summed E-state index contributed by atoms with van der Waals surface area (Å²) in [6.45, 7) is 0. The molecule has 0 unspecified atom stereocenters. The Kier molecular flexibility index (Phi) is 5.67. The van der Waals surface area contributed by atoms with E-state index >= 15 is 0 Å². The smallest absolute Gasteiger partial charge is 0.266 e. The second-order valence-corrected chi connectivity index (χ2v) is 4.95. The summed E-state index contributed by atoms with van der Waals surface area (Å²) < 4.78 is 13.1. The van der Waals surface area contributed by atoms with Crippen molar-refractivity contribution < 1.29 is 9.18 Å². The van der Waals surface area contributed by atoms with Crippen molar-refractivity contribution in [1.29, 1.82) is 5.26 Å². The highest BCUT2D eigenvalue weighted by molar-refractivity contribution is 6.31. The van der Waals surface area contributed by atoms with Crippen molar-refractivity contribution >= 4 is 29.3 Å². The molecule has 5 heteroatoms. The minimum Gasteiger partial charge on any atom is -0.321 e. The SMILES string of the molecule is N#C/C(=C/C=C\c1ccccc1)C(=O)Nc1ccc(F)c(Cl)c1. The Bertz CT molecular complexity index is 808. The van der Waals surface area contributed by atoms with Crippen LogP contribution in [0.25, 0.3) is 6.08 Å². The molecule has 114 valence electrons. The van der Waals surface area contributed by atoms with E-state index in [1.165, 1.54) is 18.2 Å². The van der Waals surface area contributed by atoms with Crippen molar-refractivity contribution in [3.05, 3.63) is 82.7 Å². The zero-order valence-electron chi connectivity index (χ0n) is 12.0. The van der Waals surface area contributed by atoms with Gasteiger partial charge in [-0.3, -0.25) is 4.79 Å². The fourth-order valence-electron chi connectivity index (χ4n) is 1.76. The summed E-state index contributed by atoms with van der Waals surface area (Å²) in [5.74, 6) is -1.17. The molecule has 0 aromatic heterocycles. The van der Waals surface area contributed by atoms with Crippen molar-refractivity contribution in [2.45, 2.75) is 0 Å². The molecule has 3 nitrogen and oxygen atoms in total. The van der Waals surface area contributed by atoms with E-state index in [9.17, 15) is 9.18 Å². The van der Waals surface area contributed by atoms with Gasteiger partial charge in [0.25, 0.3) is 5.91 Å². The van der Waals surface area contributed by atoms with Crippen LogP contribution >= 0.6 is 11.6 Å². The van der Waals surface area contributed by atoms with Crippen LogP contribution in [0.1, 0.15) is 5.56 Å². The van der Waals surface area contributed by atoms with E-state index in [0.29, 0.717) is 5.69 Å². The van der Waals surface area contributed by atoms with Crippen molar-refractivity contribution in [2.24, 2.45) is 0 Å². The van der Waals surface area contributed by atoms with Gasteiger partial charge < -0.3 is 5.32 Å². The summed E-state index contributed by atoms with van der Waals surface area (Å²) in [5.41, 5.74) is 1.19. The molecule has 0 aliphatic rings. The van der Waals surface area contributed by atoms with Gasteiger partial charge in [0.05, 0.1) is 5.02 Å². The summed E-state index contributed by atoms with van der Waals surface area (Å²) in [6, 6.07) is 15.1. The van der Waals surface area contributed by atoms with Gasteiger partial charge in [-0.2, -0.15) is 5.26 Å². The fraction of sp³-hybridized carbons (Fsp3) is 0. The van der Waals surface area contributed by atoms with Crippen LogP contribution < -0.4 is 5.32 Å². The number of halogens is 2. The van der Waals surface area contributed by atoms with Crippen molar-refractivity contribution in [3.63, 3.8) is 0 Å². The summed E-state index contributed by atoms with van der Waals surface area (Å²) in [4.78, 5) is 12.0. The molecule has 1 amide bonds. The van der Waals surface area contributed by atoms with Gasteiger partial charge in [0.1, 0.15) is 17.5 Å². The molecular formula is C18H12ClFN2O. The Morgan fingerprint density at radius 2 is 1.96 bits per heavy atom. The lowest BCUT2D eigenvalue weighted by atomic mass is 10.2. The molecular weight excluding hydrogens is 315 g/mol. The summed E-state index contributed by atoms with van der Waals surface area (Å²) >= 11 is 5.65. The molecule has 0 heterocycles. The van der Waals surface area contributed by atoms with Crippen LogP contribution in [-0.2, 0) is 4.79 Å². The molecule has 0 fully saturated rings. The zero-order chi connectivity index (χ0) is 16.7. The third-order valence-electron chi connectivity index (χ3n) is 2.89. The van der Waals surface area contributed by atoms with Crippen LogP contribution in [0.15, 0.2) is 66.3 Å². The minimum atomic E-state index is -0.590. The number of nitriles is 1. The average molecular weight is 327 g/mol. The quantitative estimate of drug-likeness (QED) is 0.508. The van der Waals surface area contributed by atoms with Gasteiger partial charge in [0.2, 0.25) is 0 Å². The Hall–Kier alpha value is -2.90. The maximum atomic E-state index is 13.1. The lowest BCUT2D eigenvalue weighted by Crippen LogP contribution is -2.13. The zero-order valence-corrected chi connectivity index (χ0v) is 12.7. The number of amides is 1. The standard InChI is InChI=1S/C18H12ClFN2O/c19-16-11-15(9-10-17(16)20)22-18(23)14(12-21)8-4-7-13-5-2-1-3-6-13/h1-11H,(H,22,23)/b7-4-,14-8-. The number of hydrogen-bond donors (Lipinski definition) is 1. The lowest BCUT2D eigenvalue weighted by Gasteiger charge is -2.04. The normalized spacial score (nSPS) is 11.3. The first-order valence-electron chi connectivity index (χ1n) is 6.70. The largest absolute Gasteiger partial charge is 0.321 e. The van der Waals surface area contributed by atoms with E-state index in [0.717, 1.165) is 11.6 Å². The van der Waals surface area contributed by atoms with Gasteiger partial charge in [-0.25, -0.2) is 4.39 Å². The molecule has 1 N–H and O–H groups in total. The predicted octanol–water partition coefficient (Wildman–Crippen LogP) is 4.58. The molecule has 0 aliphatic heterocycles. The van der Waals surface area contributed by atoms with E-state index < -0.39 is 11.7 Å². The fourth-order valence-corrected chi connectivity index (χ4v) is 1.94.